The van der Waals surface area contributed by atoms with Gasteiger partial charge in [0.25, 0.3) is 0 Å². The molecule has 0 aliphatic carbocycles. The lowest BCUT2D eigenvalue weighted by molar-refractivity contribution is 0.762. The summed E-state index contributed by atoms with van der Waals surface area (Å²) < 4.78 is 0. The Bertz CT molecular complexity index is 380. The van der Waals surface area contributed by atoms with Gasteiger partial charge in [0.1, 0.15) is 8.07 Å². The first-order valence-electron chi connectivity index (χ1n) is 6.14. The molecule has 1 unspecified atom stereocenters. The second-order valence-electron chi connectivity index (χ2n) is 4.75. The van der Waals surface area contributed by atoms with E-state index in [4.69, 9.17) is 0 Å². The minimum Gasteiger partial charge on any atom is -0.103 e. The van der Waals surface area contributed by atoms with Gasteiger partial charge in [-0.15, -0.1) is 13.2 Å². The molecule has 1 fully saturated rings. The smallest absolute Gasteiger partial charge is 0.103 e. The van der Waals surface area contributed by atoms with E-state index in [1.54, 1.807) is 5.19 Å². The van der Waals surface area contributed by atoms with Crippen LogP contribution in [0.3, 0.4) is 0 Å². The van der Waals surface area contributed by atoms with Crippen LogP contribution in [0.5, 0.6) is 0 Å². The van der Waals surface area contributed by atoms with Gasteiger partial charge < -0.3 is 0 Å². The molecule has 1 heteroatoms. The second-order valence-corrected chi connectivity index (χ2v) is 9.11. The molecule has 1 saturated heterocycles. The standard InChI is InChI=1S/C15H20Si/c1-3-12-16(13-8-7-9-14(16)2)15-10-5-4-6-11-15/h3-6,10-11H,1-2,7-9,12-13H2. The fourth-order valence-electron chi connectivity index (χ4n) is 2.90. The molecule has 2 rings (SSSR count). The number of benzene rings is 1. The first kappa shape index (κ1) is 11.4. The molecule has 1 aromatic carbocycles. The molecule has 0 amide bonds. The van der Waals surface area contributed by atoms with Crippen LogP contribution in [0.25, 0.3) is 0 Å². The fourth-order valence-corrected chi connectivity index (χ4v) is 7.51. The first-order chi connectivity index (χ1) is 7.79. The quantitative estimate of drug-likeness (QED) is 0.545. The van der Waals surface area contributed by atoms with Gasteiger partial charge >= 0.3 is 0 Å². The lowest BCUT2D eigenvalue weighted by Crippen LogP contribution is -2.50. The highest BCUT2D eigenvalue weighted by molar-refractivity contribution is 6.98. The van der Waals surface area contributed by atoms with Crippen LogP contribution in [0.2, 0.25) is 12.1 Å². The molecular weight excluding hydrogens is 208 g/mol. The van der Waals surface area contributed by atoms with Crippen molar-refractivity contribution < 1.29 is 0 Å². The normalized spacial score (nSPS) is 25.4. The van der Waals surface area contributed by atoms with Gasteiger partial charge in [0.2, 0.25) is 0 Å². The Morgan fingerprint density at radius 1 is 1.19 bits per heavy atom. The van der Waals surface area contributed by atoms with Crippen molar-refractivity contribution in [1.82, 2.24) is 0 Å². The highest BCUT2D eigenvalue weighted by Crippen LogP contribution is 2.34. The van der Waals surface area contributed by atoms with Gasteiger partial charge in [0, 0.05) is 0 Å². The number of rotatable bonds is 3. The molecular formula is C15H20Si. The Morgan fingerprint density at radius 2 is 1.94 bits per heavy atom. The van der Waals surface area contributed by atoms with Crippen molar-refractivity contribution in [3.05, 3.63) is 54.8 Å². The Kier molecular flexibility index (Phi) is 3.45. The van der Waals surface area contributed by atoms with Gasteiger partial charge in [0.15, 0.2) is 0 Å². The summed E-state index contributed by atoms with van der Waals surface area (Å²) in [4.78, 5) is 0. The van der Waals surface area contributed by atoms with Crippen molar-refractivity contribution in [2.24, 2.45) is 0 Å². The molecule has 1 atom stereocenters. The van der Waals surface area contributed by atoms with Gasteiger partial charge in [0.05, 0.1) is 0 Å². The summed E-state index contributed by atoms with van der Waals surface area (Å²) in [5.74, 6) is 0. The van der Waals surface area contributed by atoms with E-state index < -0.39 is 8.07 Å². The van der Waals surface area contributed by atoms with E-state index in [-0.39, 0.29) is 0 Å². The molecule has 0 nitrogen and oxygen atoms in total. The van der Waals surface area contributed by atoms with E-state index in [1.807, 2.05) is 0 Å². The van der Waals surface area contributed by atoms with E-state index in [0.29, 0.717) is 0 Å². The Morgan fingerprint density at radius 3 is 2.56 bits per heavy atom. The zero-order valence-electron chi connectivity index (χ0n) is 9.91. The van der Waals surface area contributed by atoms with Crippen molar-refractivity contribution in [2.45, 2.75) is 31.4 Å². The van der Waals surface area contributed by atoms with Crippen molar-refractivity contribution >= 4 is 13.3 Å². The van der Waals surface area contributed by atoms with Gasteiger partial charge in [-0.3, -0.25) is 0 Å². The Labute approximate surface area is 99.7 Å². The Balaban J connectivity index is 2.41. The van der Waals surface area contributed by atoms with Crippen molar-refractivity contribution in [1.29, 1.82) is 0 Å². The molecule has 1 aliphatic heterocycles. The maximum atomic E-state index is 4.38. The Hall–Kier alpha value is -1.08. The summed E-state index contributed by atoms with van der Waals surface area (Å²) in [6.45, 7) is 8.33. The summed E-state index contributed by atoms with van der Waals surface area (Å²) in [5, 5.41) is 3.09. The monoisotopic (exact) mass is 228 g/mol. The maximum absolute atomic E-state index is 4.38. The van der Waals surface area contributed by atoms with E-state index in [0.717, 1.165) is 6.04 Å². The van der Waals surface area contributed by atoms with Crippen molar-refractivity contribution in [3.63, 3.8) is 0 Å². The lowest BCUT2D eigenvalue weighted by Gasteiger charge is -2.37. The third-order valence-corrected chi connectivity index (χ3v) is 9.06. The second kappa shape index (κ2) is 4.83. The maximum Gasteiger partial charge on any atom is 0.116 e. The third-order valence-electron chi connectivity index (χ3n) is 3.83. The summed E-state index contributed by atoms with van der Waals surface area (Å²) in [7, 11) is -1.47. The minimum absolute atomic E-state index is 1.16. The third kappa shape index (κ3) is 1.92. The first-order valence-corrected chi connectivity index (χ1v) is 8.56. The topological polar surface area (TPSA) is 0 Å². The average molecular weight is 228 g/mol. The van der Waals surface area contributed by atoms with E-state index >= 15 is 0 Å². The summed E-state index contributed by atoms with van der Waals surface area (Å²) >= 11 is 0. The van der Waals surface area contributed by atoms with Gasteiger partial charge in [-0.25, -0.2) is 0 Å². The zero-order chi connectivity index (χ0) is 11.4. The molecule has 1 aliphatic rings. The zero-order valence-corrected chi connectivity index (χ0v) is 10.9. The minimum atomic E-state index is -1.47. The highest BCUT2D eigenvalue weighted by Gasteiger charge is 2.37. The number of allylic oxidation sites excluding steroid dienone is 2. The van der Waals surface area contributed by atoms with E-state index in [9.17, 15) is 0 Å². The van der Waals surface area contributed by atoms with Gasteiger partial charge in [-0.05, 0) is 18.5 Å². The van der Waals surface area contributed by atoms with Crippen LogP contribution in [0.1, 0.15) is 19.3 Å². The van der Waals surface area contributed by atoms with Crippen LogP contribution < -0.4 is 5.19 Å². The molecule has 84 valence electrons. The summed E-state index contributed by atoms with van der Waals surface area (Å²) in [5.41, 5.74) is 0. The van der Waals surface area contributed by atoms with Gasteiger partial charge in [-0.1, -0.05) is 59.6 Å². The largest absolute Gasteiger partial charge is 0.116 e. The molecule has 1 heterocycles. The fraction of sp³-hybridized carbons (Fsp3) is 0.333. The molecule has 0 aromatic heterocycles. The van der Waals surface area contributed by atoms with E-state index in [1.165, 1.54) is 30.5 Å². The van der Waals surface area contributed by atoms with Crippen molar-refractivity contribution in [2.75, 3.05) is 0 Å². The number of hydrogen-bond donors (Lipinski definition) is 0. The van der Waals surface area contributed by atoms with Crippen LogP contribution in [0.4, 0.5) is 0 Å². The summed E-state index contributed by atoms with van der Waals surface area (Å²) in [6.07, 6.45) is 6.04. The van der Waals surface area contributed by atoms with E-state index in [2.05, 4.69) is 49.6 Å². The average Bonchev–Trinajstić information content (AvgIpc) is 2.34. The van der Waals surface area contributed by atoms with Crippen LogP contribution in [-0.2, 0) is 0 Å². The predicted molar refractivity (Wildman–Crippen MR) is 74.6 cm³/mol. The highest BCUT2D eigenvalue weighted by atomic mass is 28.3. The molecule has 16 heavy (non-hydrogen) atoms. The SMILES string of the molecule is C=CC[Si]1(c2ccccc2)CCCCC1=C. The summed E-state index contributed by atoms with van der Waals surface area (Å²) in [6, 6.07) is 13.5. The predicted octanol–water partition coefficient (Wildman–Crippen LogP) is 3.81. The molecule has 1 aromatic rings. The van der Waals surface area contributed by atoms with Crippen LogP contribution in [0.15, 0.2) is 54.8 Å². The van der Waals surface area contributed by atoms with Gasteiger partial charge in [-0.2, -0.15) is 0 Å². The van der Waals surface area contributed by atoms with Crippen molar-refractivity contribution in [3.8, 4) is 0 Å². The molecule has 0 N–H and O–H groups in total. The van der Waals surface area contributed by atoms with Crippen LogP contribution >= 0.6 is 0 Å². The lowest BCUT2D eigenvalue weighted by atomic mass is 10.2. The number of hydrogen-bond acceptors (Lipinski definition) is 0. The molecule has 0 bridgehead atoms. The molecule has 0 radical (unpaired) electrons. The van der Waals surface area contributed by atoms with Crippen LogP contribution in [0, 0.1) is 0 Å². The molecule has 0 saturated carbocycles. The van der Waals surface area contributed by atoms with Crippen LogP contribution in [-0.4, -0.2) is 8.07 Å². The molecule has 0 spiro atoms.